The van der Waals surface area contributed by atoms with E-state index < -0.39 is 0 Å². The van der Waals surface area contributed by atoms with Crippen molar-refractivity contribution in [3.05, 3.63) is 193 Å². The average Bonchev–Trinajstić information content (AvgIpc) is 3.98. The van der Waals surface area contributed by atoms with Crippen LogP contribution in [0, 0.1) is 27.7 Å². The number of anilines is 3. The van der Waals surface area contributed by atoms with Crippen molar-refractivity contribution in [3.8, 4) is 22.9 Å². The van der Waals surface area contributed by atoms with Crippen molar-refractivity contribution in [3.63, 3.8) is 0 Å². The number of aryl methyl sites for hydroxylation is 4. The maximum Gasteiger partial charge on any atom is 0.219 e. The van der Waals surface area contributed by atoms with Gasteiger partial charge in [0.15, 0.2) is 0 Å². The second kappa shape index (κ2) is 13.1. The SMILES string of the molecule is Cc1cccc(C)c1-c1cnc2c3cc(N(c4ccccc4)c4ccc5c6ccccc6n(-c6nccn6-c6c(C)cccc6C)c5c4)ccc3c3ccccc3n12. The Bertz CT molecular complexity index is 3360. The number of aromatic nitrogens is 5. The van der Waals surface area contributed by atoms with Gasteiger partial charge in [-0.1, -0.05) is 103 Å². The monoisotopic (exact) mass is 748 g/mol. The minimum absolute atomic E-state index is 0.853. The molecule has 0 saturated carbocycles. The van der Waals surface area contributed by atoms with Crippen LogP contribution in [0.3, 0.4) is 0 Å². The summed E-state index contributed by atoms with van der Waals surface area (Å²) in [4.78, 5) is 12.6. The number of nitrogens with zero attached hydrogens (tertiary/aromatic N) is 6. The highest BCUT2D eigenvalue weighted by atomic mass is 15.2. The minimum Gasteiger partial charge on any atom is -0.310 e. The van der Waals surface area contributed by atoms with Crippen LogP contribution in [-0.4, -0.2) is 23.5 Å². The van der Waals surface area contributed by atoms with Crippen LogP contribution < -0.4 is 4.90 Å². The zero-order chi connectivity index (χ0) is 39.1. The molecule has 0 radical (unpaired) electrons. The van der Waals surface area contributed by atoms with E-state index in [1.165, 1.54) is 49.4 Å². The molecule has 0 unspecified atom stereocenters. The number of benzene rings is 7. The molecule has 11 rings (SSSR count). The van der Waals surface area contributed by atoms with Gasteiger partial charge in [0.2, 0.25) is 5.95 Å². The first-order valence-corrected chi connectivity index (χ1v) is 19.8. The Hall–Kier alpha value is -7.44. The summed E-state index contributed by atoms with van der Waals surface area (Å²) >= 11 is 0. The largest absolute Gasteiger partial charge is 0.310 e. The van der Waals surface area contributed by atoms with Gasteiger partial charge in [0.25, 0.3) is 0 Å². The average molecular weight is 749 g/mol. The molecule has 6 nitrogen and oxygen atoms in total. The van der Waals surface area contributed by atoms with Crippen molar-refractivity contribution in [1.29, 1.82) is 0 Å². The standard InChI is InChI=1S/C52H40N6/c1-33-14-12-15-34(2)49(33)48-32-54-51-44-30-38(24-26-40(44)41-20-8-10-22-45(41)57(48)51)56(37-18-6-5-7-19-37)39-25-27-43-42-21-9-11-23-46(42)58(47(43)31-39)52-53-28-29-55(52)50-35(3)16-13-17-36(50)4/h5-32H,1-4H3. The number of hydrogen-bond donors (Lipinski definition) is 0. The van der Waals surface area contributed by atoms with E-state index in [0.717, 1.165) is 62.0 Å². The summed E-state index contributed by atoms with van der Waals surface area (Å²) in [6.07, 6.45) is 6.03. The molecule has 6 heteroatoms. The fraction of sp³-hybridized carbons (Fsp3) is 0.0769. The van der Waals surface area contributed by atoms with Crippen LogP contribution in [0.2, 0.25) is 0 Å². The van der Waals surface area contributed by atoms with Gasteiger partial charge in [-0.05, 0) is 104 Å². The van der Waals surface area contributed by atoms with E-state index in [1.54, 1.807) is 0 Å². The second-order valence-corrected chi connectivity index (χ2v) is 15.4. The third-order valence-corrected chi connectivity index (χ3v) is 11.9. The van der Waals surface area contributed by atoms with Crippen molar-refractivity contribution in [1.82, 2.24) is 23.5 Å². The van der Waals surface area contributed by atoms with Crippen LogP contribution in [0.25, 0.3) is 72.0 Å². The third-order valence-electron chi connectivity index (χ3n) is 11.9. The van der Waals surface area contributed by atoms with Crippen LogP contribution in [0.4, 0.5) is 17.1 Å². The Labute approximate surface area is 336 Å². The van der Waals surface area contributed by atoms with Gasteiger partial charge in [-0.25, -0.2) is 9.97 Å². The number of imidazole rings is 2. The van der Waals surface area contributed by atoms with E-state index in [9.17, 15) is 0 Å². The molecule has 0 aliphatic carbocycles. The molecule has 0 amide bonds. The highest BCUT2D eigenvalue weighted by molar-refractivity contribution is 6.14. The highest BCUT2D eigenvalue weighted by Crippen LogP contribution is 2.42. The second-order valence-electron chi connectivity index (χ2n) is 15.4. The molecule has 4 aromatic heterocycles. The summed E-state index contributed by atoms with van der Waals surface area (Å²) in [5.74, 6) is 0.853. The predicted molar refractivity (Wildman–Crippen MR) is 241 cm³/mol. The summed E-state index contributed by atoms with van der Waals surface area (Å²) in [6, 6.07) is 54.6. The van der Waals surface area contributed by atoms with Crippen LogP contribution in [-0.2, 0) is 0 Å². The van der Waals surface area contributed by atoms with E-state index in [1.807, 2.05) is 12.4 Å². The molecule has 58 heavy (non-hydrogen) atoms. The molecule has 0 bridgehead atoms. The van der Waals surface area contributed by atoms with Crippen LogP contribution >= 0.6 is 0 Å². The summed E-state index contributed by atoms with van der Waals surface area (Å²) in [5.41, 5.74) is 15.8. The molecule has 0 aliphatic rings. The van der Waals surface area contributed by atoms with Crippen molar-refractivity contribution in [2.24, 2.45) is 0 Å². The molecule has 0 atom stereocenters. The Balaban J connectivity index is 1.17. The third kappa shape index (κ3) is 5.04. The van der Waals surface area contributed by atoms with E-state index in [4.69, 9.17) is 9.97 Å². The van der Waals surface area contributed by atoms with E-state index in [2.05, 4.69) is 204 Å². The first-order chi connectivity index (χ1) is 28.5. The molecular weight excluding hydrogens is 709 g/mol. The molecule has 278 valence electrons. The molecule has 0 fully saturated rings. The van der Waals surface area contributed by atoms with Gasteiger partial charge >= 0.3 is 0 Å². The number of fused-ring (bicyclic) bond motifs is 9. The summed E-state index contributed by atoms with van der Waals surface area (Å²) < 4.78 is 6.90. The Kier molecular flexibility index (Phi) is 7.63. The molecule has 11 aromatic rings. The molecule has 0 spiro atoms. The lowest BCUT2D eigenvalue weighted by atomic mass is 10.00. The quantitative estimate of drug-likeness (QED) is 0.159. The molecule has 4 heterocycles. The zero-order valence-corrected chi connectivity index (χ0v) is 32.8. The maximum absolute atomic E-state index is 5.18. The summed E-state index contributed by atoms with van der Waals surface area (Å²) in [5, 5.41) is 5.82. The van der Waals surface area contributed by atoms with Gasteiger partial charge in [0.05, 0.1) is 34.1 Å². The maximum atomic E-state index is 5.18. The van der Waals surface area contributed by atoms with Gasteiger partial charge in [-0.15, -0.1) is 0 Å². The lowest BCUT2D eigenvalue weighted by Crippen LogP contribution is -2.11. The van der Waals surface area contributed by atoms with Crippen LogP contribution in [0.15, 0.2) is 170 Å². The van der Waals surface area contributed by atoms with Crippen molar-refractivity contribution in [2.45, 2.75) is 27.7 Å². The summed E-state index contributed by atoms with van der Waals surface area (Å²) in [7, 11) is 0. The van der Waals surface area contributed by atoms with Gasteiger partial charge in [0.1, 0.15) is 5.65 Å². The van der Waals surface area contributed by atoms with E-state index >= 15 is 0 Å². The first-order valence-electron chi connectivity index (χ1n) is 19.8. The van der Waals surface area contributed by atoms with Crippen LogP contribution in [0.5, 0.6) is 0 Å². The number of hydrogen-bond acceptors (Lipinski definition) is 3. The molecule has 0 N–H and O–H groups in total. The van der Waals surface area contributed by atoms with Gasteiger partial charge in [-0.3, -0.25) is 13.5 Å². The van der Waals surface area contributed by atoms with E-state index in [0.29, 0.717) is 0 Å². The Morgan fingerprint density at radius 3 is 1.81 bits per heavy atom. The van der Waals surface area contributed by atoms with Crippen molar-refractivity contribution >= 4 is 66.2 Å². The molecule has 0 aliphatic heterocycles. The van der Waals surface area contributed by atoms with Gasteiger partial charge < -0.3 is 4.90 Å². The van der Waals surface area contributed by atoms with Gasteiger partial charge in [-0.2, -0.15) is 0 Å². The smallest absolute Gasteiger partial charge is 0.219 e. The van der Waals surface area contributed by atoms with Crippen LogP contribution in [0.1, 0.15) is 22.3 Å². The number of para-hydroxylation sites is 4. The minimum atomic E-state index is 0.853. The number of rotatable bonds is 6. The first kappa shape index (κ1) is 33.9. The fourth-order valence-corrected chi connectivity index (χ4v) is 9.33. The molecular formula is C52H40N6. The van der Waals surface area contributed by atoms with Crippen molar-refractivity contribution < 1.29 is 0 Å². The zero-order valence-electron chi connectivity index (χ0n) is 32.8. The highest BCUT2D eigenvalue weighted by Gasteiger charge is 2.22. The Morgan fingerprint density at radius 1 is 0.466 bits per heavy atom. The van der Waals surface area contributed by atoms with E-state index in [-0.39, 0.29) is 0 Å². The molecule has 0 saturated heterocycles. The molecule has 7 aromatic carbocycles. The van der Waals surface area contributed by atoms with Gasteiger partial charge in [0, 0.05) is 56.6 Å². The Morgan fingerprint density at radius 2 is 1.07 bits per heavy atom. The normalized spacial score (nSPS) is 11.8. The summed E-state index contributed by atoms with van der Waals surface area (Å²) in [6.45, 7) is 8.71. The lowest BCUT2D eigenvalue weighted by Gasteiger charge is -2.26. The topological polar surface area (TPSA) is 43.3 Å². The lowest BCUT2D eigenvalue weighted by molar-refractivity contribution is 0.924. The van der Waals surface area contributed by atoms with Crippen molar-refractivity contribution in [2.75, 3.05) is 4.90 Å². The predicted octanol–water partition coefficient (Wildman–Crippen LogP) is 13.3. The number of pyridine rings is 1. The fourth-order valence-electron chi connectivity index (χ4n) is 9.33.